The highest BCUT2D eigenvalue weighted by molar-refractivity contribution is 5.92. The van der Waals surface area contributed by atoms with Crippen LogP contribution in [0, 0.1) is 0 Å². The van der Waals surface area contributed by atoms with Crippen LogP contribution in [0.25, 0.3) is 0 Å². The molecule has 5 heteroatoms. The Morgan fingerprint density at radius 1 is 1.73 bits per heavy atom. The zero-order valence-electron chi connectivity index (χ0n) is 8.99. The van der Waals surface area contributed by atoms with Gasteiger partial charge < -0.3 is 11.1 Å². The van der Waals surface area contributed by atoms with E-state index < -0.39 is 0 Å². The van der Waals surface area contributed by atoms with Crippen LogP contribution < -0.4 is 11.1 Å². The Hall–Kier alpha value is -1.36. The van der Waals surface area contributed by atoms with Crippen molar-refractivity contribution in [2.75, 3.05) is 6.54 Å². The Balaban J connectivity index is 2.41. The molecule has 1 unspecified atom stereocenters. The minimum atomic E-state index is -0.140. The number of carbonyl (C=O) groups excluding carboxylic acids is 1. The summed E-state index contributed by atoms with van der Waals surface area (Å²) < 4.78 is 0. The van der Waals surface area contributed by atoms with Crippen molar-refractivity contribution in [3.63, 3.8) is 0 Å². The third-order valence-electron chi connectivity index (χ3n) is 2.27. The molecule has 0 aromatic carbocycles. The summed E-state index contributed by atoms with van der Waals surface area (Å²) in [5, 5.41) is 9.21. The van der Waals surface area contributed by atoms with Gasteiger partial charge in [0.25, 0.3) is 5.91 Å². The molecule has 0 saturated carbocycles. The Morgan fingerprint density at radius 3 is 3.07 bits per heavy atom. The number of rotatable bonds is 6. The highest BCUT2D eigenvalue weighted by Crippen LogP contribution is 2.00. The van der Waals surface area contributed by atoms with E-state index in [1.165, 1.54) is 0 Å². The summed E-state index contributed by atoms with van der Waals surface area (Å²) in [6.07, 6.45) is 4.66. The molecule has 0 radical (unpaired) electrons. The number of carbonyl (C=O) groups is 1. The second-order valence-corrected chi connectivity index (χ2v) is 3.52. The van der Waals surface area contributed by atoms with E-state index in [0.717, 1.165) is 19.3 Å². The Kier molecular flexibility index (Phi) is 4.83. The van der Waals surface area contributed by atoms with Crippen molar-refractivity contribution in [2.45, 2.75) is 32.2 Å². The van der Waals surface area contributed by atoms with Crippen LogP contribution in [0.3, 0.4) is 0 Å². The average molecular weight is 210 g/mol. The van der Waals surface area contributed by atoms with Gasteiger partial charge in [0.05, 0.1) is 0 Å². The van der Waals surface area contributed by atoms with E-state index in [2.05, 4.69) is 22.4 Å². The van der Waals surface area contributed by atoms with Crippen LogP contribution in [-0.4, -0.2) is 28.7 Å². The van der Waals surface area contributed by atoms with Gasteiger partial charge in [-0.05, 0) is 12.5 Å². The lowest BCUT2D eigenvalue weighted by Gasteiger charge is -2.15. The molecule has 0 aliphatic carbocycles. The lowest BCUT2D eigenvalue weighted by atomic mass is 10.1. The van der Waals surface area contributed by atoms with Gasteiger partial charge in [-0.3, -0.25) is 9.89 Å². The fourth-order valence-electron chi connectivity index (χ4n) is 1.34. The van der Waals surface area contributed by atoms with Gasteiger partial charge in [0, 0.05) is 18.8 Å². The van der Waals surface area contributed by atoms with E-state index >= 15 is 0 Å². The third kappa shape index (κ3) is 3.71. The molecule has 0 spiro atoms. The lowest BCUT2D eigenvalue weighted by molar-refractivity contribution is 0.0930. The zero-order valence-corrected chi connectivity index (χ0v) is 8.99. The Labute approximate surface area is 89.4 Å². The molecule has 0 saturated heterocycles. The fraction of sp³-hybridized carbons (Fsp3) is 0.600. The molecule has 0 fully saturated rings. The predicted octanol–water partition coefficient (Wildman–Crippen LogP) is 0.657. The number of H-pyrrole nitrogens is 1. The van der Waals surface area contributed by atoms with Crippen molar-refractivity contribution in [1.29, 1.82) is 0 Å². The smallest absolute Gasteiger partial charge is 0.269 e. The van der Waals surface area contributed by atoms with Crippen molar-refractivity contribution in [1.82, 2.24) is 15.5 Å². The first-order chi connectivity index (χ1) is 7.27. The molecule has 1 aromatic heterocycles. The first kappa shape index (κ1) is 11.7. The Morgan fingerprint density at radius 2 is 2.53 bits per heavy atom. The first-order valence-electron chi connectivity index (χ1n) is 5.28. The standard InChI is InChI=1S/C10H18N4O/c1-2-3-4-8(7-11)13-10(15)9-5-6-12-14-9/h5-6,8H,2-4,7,11H2,1H3,(H,12,14)(H,13,15). The largest absolute Gasteiger partial charge is 0.347 e. The fourth-order valence-corrected chi connectivity index (χ4v) is 1.34. The predicted molar refractivity (Wildman–Crippen MR) is 58.4 cm³/mol. The van der Waals surface area contributed by atoms with Gasteiger partial charge in [0.2, 0.25) is 0 Å². The number of nitrogens with one attached hydrogen (secondary N) is 2. The van der Waals surface area contributed by atoms with E-state index in [1.807, 2.05) is 0 Å². The average Bonchev–Trinajstić information content (AvgIpc) is 2.77. The van der Waals surface area contributed by atoms with Gasteiger partial charge in [-0.1, -0.05) is 19.8 Å². The van der Waals surface area contributed by atoms with Crippen molar-refractivity contribution < 1.29 is 4.79 Å². The monoisotopic (exact) mass is 210 g/mol. The van der Waals surface area contributed by atoms with E-state index in [1.54, 1.807) is 12.3 Å². The minimum Gasteiger partial charge on any atom is -0.347 e. The molecule has 1 rings (SSSR count). The maximum absolute atomic E-state index is 11.6. The molecule has 1 atom stereocenters. The van der Waals surface area contributed by atoms with Gasteiger partial charge in [0.1, 0.15) is 5.69 Å². The van der Waals surface area contributed by atoms with E-state index in [9.17, 15) is 4.79 Å². The number of nitrogens with zero attached hydrogens (tertiary/aromatic N) is 1. The molecule has 84 valence electrons. The van der Waals surface area contributed by atoms with Crippen LogP contribution >= 0.6 is 0 Å². The number of aromatic amines is 1. The molecule has 5 nitrogen and oxygen atoms in total. The molecule has 1 heterocycles. The summed E-state index contributed by atoms with van der Waals surface area (Å²) in [7, 11) is 0. The first-order valence-corrected chi connectivity index (χ1v) is 5.28. The second kappa shape index (κ2) is 6.19. The number of hydrogen-bond donors (Lipinski definition) is 3. The van der Waals surface area contributed by atoms with E-state index in [0.29, 0.717) is 12.2 Å². The van der Waals surface area contributed by atoms with Crippen LogP contribution in [0.5, 0.6) is 0 Å². The van der Waals surface area contributed by atoms with E-state index in [4.69, 9.17) is 5.73 Å². The maximum Gasteiger partial charge on any atom is 0.269 e. The van der Waals surface area contributed by atoms with Gasteiger partial charge in [-0.25, -0.2) is 0 Å². The lowest BCUT2D eigenvalue weighted by Crippen LogP contribution is -2.40. The molecular weight excluding hydrogens is 192 g/mol. The van der Waals surface area contributed by atoms with Crippen LogP contribution in [-0.2, 0) is 0 Å². The number of nitrogens with two attached hydrogens (primary N) is 1. The maximum atomic E-state index is 11.6. The summed E-state index contributed by atoms with van der Waals surface area (Å²) in [6, 6.07) is 1.70. The normalized spacial score (nSPS) is 12.4. The van der Waals surface area contributed by atoms with E-state index in [-0.39, 0.29) is 11.9 Å². The summed E-state index contributed by atoms with van der Waals surface area (Å²) in [5.74, 6) is -0.140. The number of hydrogen-bond acceptors (Lipinski definition) is 3. The summed E-state index contributed by atoms with van der Waals surface area (Å²) in [6.45, 7) is 2.59. The topological polar surface area (TPSA) is 83.8 Å². The molecule has 15 heavy (non-hydrogen) atoms. The quantitative estimate of drug-likeness (QED) is 0.644. The van der Waals surface area contributed by atoms with Crippen LogP contribution in [0.2, 0.25) is 0 Å². The number of unbranched alkanes of at least 4 members (excludes halogenated alkanes) is 1. The molecule has 1 aromatic rings. The van der Waals surface area contributed by atoms with Crippen molar-refractivity contribution in [3.05, 3.63) is 18.0 Å². The molecular formula is C10H18N4O. The number of amides is 1. The van der Waals surface area contributed by atoms with Crippen molar-refractivity contribution >= 4 is 5.91 Å². The zero-order chi connectivity index (χ0) is 11.1. The molecule has 0 bridgehead atoms. The minimum absolute atomic E-state index is 0.0562. The van der Waals surface area contributed by atoms with Gasteiger partial charge in [-0.15, -0.1) is 0 Å². The highest BCUT2D eigenvalue weighted by atomic mass is 16.2. The second-order valence-electron chi connectivity index (χ2n) is 3.52. The summed E-state index contributed by atoms with van der Waals surface area (Å²) >= 11 is 0. The van der Waals surface area contributed by atoms with Gasteiger partial charge >= 0.3 is 0 Å². The SMILES string of the molecule is CCCCC(CN)NC(=O)c1ccn[nH]1. The van der Waals surface area contributed by atoms with Gasteiger partial charge in [0.15, 0.2) is 0 Å². The molecule has 1 amide bonds. The van der Waals surface area contributed by atoms with Crippen LogP contribution in [0.15, 0.2) is 12.3 Å². The van der Waals surface area contributed by atoms with Crippen LogP contribution in [0.4, 0.5) is 0 Å². The van der Waals surface area contributed by atoms with Crippen molar-refractivity contribution in [2.24, 2.45) is 5.73 Å². The molecule has 4 N–H and O–H groups in total. The Bertz CT molecular complexity index is 284. The summed E-state index contributed by atoms with van der Waals surface area (Å²) in [4.78, 5) is 11.6. The number of aromatic nitrogens is 2. The third-order valence-corrected chi connectivity index (χ3v) is 2.27. The van der Waals surface area contributed by atoms with Crippen LogP contribution in [0.1, 0.15) is 36.7 Å². The highest BCUT2D eigenvalue weighted by Gasteiger charge is 2.12. The van der Waals surface area contributed by atoms with Crippen molar-refractivity contribution in [3.8, 4) is 0 Å². The summed E-state index contributed by atoms with van der Waals surface area (Å²) in [5.41, 5.74) is 6.05. The molecule has 0 aliphatic rings. The van der Waals surface area contributed by atoms with Gasteiger partial charge in [-0.2, -0.15) is 5.10 Å². The molecule has 0 aliphatic heterocycles.